The summed E-state index contributed by atoms with van der Waals surface area (Å²) in [7, 11) is 0. The van der Waals surface area contributed by atoms with E-state index < -0.39 is 0 Å². The highest BCUT2D eigenvalue weighted by molar-refractivity contribution is 9.10. The van der Waals surface area contributed by atoms with Gasteiger partial charge in [-0.15, -0.1) is 0 Å². The van der Waals surface area contributed by atoms with Gasteiger partial charge in [0.2, 0.25) is 0 Å². The second kappa shape index (κ2) is 6.84. The molecule has 0 unspecified atom stereocenters. The number of nitrogens with zero attached hydrogens (tertiary/aromatic N) is 1. The van der Waals surface area contributed by atoms with Crippen molar-refractivity contribution in [2.75, 3.05) is 11.6 Å². The zero-order valence-corrected chi connectivity index (χ0v) is 16.5. The molecule has 0 atom stereocenters. The maximum Gasteiger partial charge on any atom is 0.193 e. The molecule has 0 fully saturated rings. The fourth-order valence-electron chi connectivity index (χ4n) is 3.48. The van der Waals surface area contributed by atoms with E-state index in [4.69, 9.17) is 9.15 Å². The molecule has 5 rings (SSSR count). The molecule has 0 spiro atoms. The van der Waals surface area contributed by atoms with Crippen LogP contribution in [-0.4, -0.2) is 6.73 Å². The third-order valence-corrected chi connectivity index (χ3v) is 5.53. The van der Waals surface area contributed by atoms with Crippen LogP contribution in [-0.2, 0) is 6.54 Å². The van der Waals surface area contributed by atoms with Crippen LogP contribution in [0.5, 0.6) is 5.75 Å². The minimum atomic E-state index is -0.0528. The number of hydrogen-bond donors (Lipinski definition) is 0. The van der Waals surface area contributed by atoms with Gasteiger partial charge in [0, 0.05) is 29.4 Å². The molecule has 138 valence electrons. The Labute approximate surface area is 170 Å². The molecule has 0 amide bonds. The Hall–Kier alpha value is -3.05. The van der Waals surface area contributed by atoms with Gasteiger partial charge in [-0.2, -0.15) is 0 Å². The highest BCUT2D eigenvalue weighted by Crippen LogP contribution is 2.35. The van der Waals surface area contributed by atoms with Gasteiger partial charge >= 0.3 is 0 Å². The summed E-state index contributed by atoms with van der Waals surface area (Å²) in [4.78, 5) is 14.8. The SMILES string of the molecule is O=c1cc(-c2ccccc2)oc2ccc(N3COc4c(Br)cccc4C3)cc12. The van der Waals surface area contributed by atoms with E-state index in [1.54, 1.807) is 6.07 Å². The molecule has 0 aliphatic carbocycles. The molecule has 4 nitrogen and oxygen atoms in total. The van der Waals surface area contributed by atoms with Gasteiger partial charge in [-0.1, -0.05) is 42.5 Å². The lowest BCUT2D eigenvalue weighted by Gasteiger charge is -2.31. The molecule has 3 aromatic carbocycles. The molecule has 5 heteroatoms. The molecular weight excluding hydrogens is 418 g/mol. The number of para-hydroxylation sites is 1. The Morgan fingerprint density at radius 3 is 2.64 bits per heavy atom. The summed E-state index contributed by atoms with van der Waals surface area (Å²) >= 11 is 3.53. The first kappa shape index (κ1) is 17.1. The Bertz CT molecular complexity index is 1230. The summed E-state index contributed by atoms with van der Waals surface area (Å²) in [6.45, 7) is 1.14. The predicted molar refractivity (Wildman–Crippen MR) is 114 cm³/mol. The summed E-state index contributed by atoms with van der Waals surface area (Å²) in [6, 6.07) is 22.9. The van der Waals surface area contributed by atoms with Crippen LogP contribution in [0.1, 0.15) is 5.56 Å². The van der Waals surface area contributed by atoms with Crippen LogP contribution in [0.2, 0.25) is 0 Å². The van der Waals surface area contributed by atoms with Crippen molar-refractivity contribution in [1.29, 1.82) is 0 Å². The van der Waals surface area contributed by atoms with Crippen LogP contribution in [0, 0.1) is 0 Å². The van der Waals surface area contributed by atoms with E-state index in [0.717, 1.165) is 27.0 Å². The minimum Gasteiger partial charge on any atom is -0.472 e. The summed E-state index contributed by atoms with van der Waals surface area (Å²) in [5, 5.41) is 0.567. The van der Waals surface area contributed by atoms with Crippen molar-refractivity contribution in [2.24, 2.45) is 0 Å². The summed E-state index contributed by atoms with van der Waals surface area (Å²) in [6.07, 6.45) is 0. The van der Waals surface area contributed by atoms with Crippen molar-refractivity contribution in [2.45, 2.75) is 6.54 Å². The number of benzene rings is 3. The van der Waals surface area contributed by atoms with Gasteiger partial charge in [0.25, 0.3) is 0 Å². The smallest absolute Gasteiger partial charge is 0.193 e. The van der Waals surface area contributed by atoms with Gasteiger partial charge in [-0.25, -0.2) is 0 Å². The molecule has 1 aliphatic rings. The van der Waals surface area contributed by atoms with Crippen molar-refractivity contribution in [1.82, 2.24) is 0 Å². The highest BCUT2D eigenvalue weighted by atomic mass is 79.9. The predicted octanol–water partition coefficient (Wildman–Crippen LogP) is 5.58. The number of anilines is 1. The molecular formula is C23H16BrNO3. The molecule has 28 heavy (non-hydrogen) atoms. The number of fused-ring (bicyclic) bond motifs is 2. The summed E-state index contributed by atoms with van der Waals surface area (Å²) in [5.74, 6) is 1.46. The fourth-order valence-corrected chi connectivity index (χ4v) is 4.01. The first-order chi connectivity index (χ1) is 13.7. The molecule has 0 N–H and O–H groups in total. The fraction of sp³-hybridized carbons (Fsp3) is 0.0870. The molecule has 0 radical (unpaired) electrons. The maximum atomic E-state index is 12.7. The lowest BCUT2D eigenvalue weighted by Crippen LogP contribution is -2.32. The average Bonchev–Trinajstić information content (AvgIpc) is 2.74. The van der Waals surface area contributed by atoms with E-state index in [0.29, 0.717) is 30.0 Å². The Morgan fingerprint density at radius 1 is 0.929 bits per heavy atom. The van der Waals surface area contributed by atoms with Crippen LogP contribution in [0.15, 0.2) is 86.5 Å². The topological polar surface area (TPSA) is 42.7 Å². The summed E-state index contributed by atoms with van der Waals surface area (Å²) < 4.78 is 12.9. The van der Waals surface area contributed by atoms with Gasteiger partial charge in [-0.05, 0) is 40.2 Å². The monoisotopic (exact) mass is 433 g/mol. The van der Waals surface area contributed by atoms with Crippen LogP contribution < -0.4 is 15.1 Å². The average molecular weight is 434 g/mol. The van der Waals surface area contributed by atoms with Gasteiger partial charge < -0.3 is 14.1 Å². The van der Waals surface area contributed by atoms with Crippen LogP contribution in [0.4, 0.5) is 5.69 Å². The van der Waals surface area contributed by atoms with E-state index in [1.165, 1.54) is 0 Å². The normalized spacial score (nSPS) is 13.2. The quantitative estimate of drug-likeness (QED) is 0.413. The first-order valence-electron chi connectivity index (χ1n) is 8.97. The zero-order chi connectivity index (χ0) is 19.1. The third kappa shape index (κ3) is 2.98. The summed E-state index contributed by atoms with van der Waals surface area (Å²) in [5.41, 5.74) is 3.45. The Kier molecular flexibility index (Phi) is 4.17. The largest absolute Gasteiger partial charge is 0.472 e. The van der Waals surface area contributed by atoms with E-state index in [9.17, 15) is 4.79 Å². The molecule has 0 bridgehead atoms. The van der Waals surface area contributed by atoms with E-state index in [2.05, 4.69) is 20.8 Å². The van der Waals surface area contributed by atoms with Gasteiger partial charge in [-0.3, -0.25) is 4.79 Å². The van der Waals surface area contributed by atoms with Crippen LogP contribution in [0.25, 0.3) is 22.3 Å². The Morgan fingerprint density at radius 2 is 1.79 bits per heavy atom. The number of hydrogen-bond acceptors (Lipinski definition) is 4. The molecule has 0 saturated heterocycles. The van der Waals surface area contributed by atoms with Crippen LogP contribution >= 0.6 is 15.9 Å². The second-order valence-electron chi connectivity index (χ2n) is 6.72. The first-order valence-corrected chi connectivity index (χ1v) is 9.77. The highest BCUT2D eigenvalue weighted by Gasteiger charge is 2.20. The van der Waals surface area contributed by atoms with Crippen molar-refractivity contribution >= 4 is 32.6 Å². The molecule has 1 aliphatic heterocycles. The van der Waals surface area contributed by atoms with Crippen molar-refractivity contribution < 1.29 is 9.15 Å². The third-order valence-electron chi connectivity index (χ3n) is 4.91. The van der Waals surface area contributed by atoms with Gasteiger partial charge in [0.15, 0.2) is 12.2 Å². The molecule has 0 saturated carbocycles. The second-order valence-corrected chi connectivity index (χ2v) is 7.58. The number of halogens is 1. The molecule has 4 aromatic rings. The maximum absolute atomic E-state index is 12.7. The Balaban J connectivity index is 1.52. The molecule has 1 aromatic heterocycles. The van der Waals surface area contributed by atoms with E-state index in [-0.39, 0.29) is 5.43 Å². The number of rotatable bonds is 2. The van der Waals surface area contributed by atoms with Crippen molar-refractivity contribution in [3.05, 3.63) is 93.1 Å². The van der Waals surface area contributed by atoms with Gasteiger partial charge in [0.05, 0.1) is 9.86 Å². The van der Waals surface area contributed by atoms with E-state index in [1.807, 2.05) is 66.7 Å². The lowest BCUT2D eigenvalue weighted by molar-refractivity contribution is 0.287. The van der Waals surface area contributed by atoms with Crippen LogP contribution in [0.3, 0.4) is 0 Å². The standard InChI is InChI=1S/C23H16BrNO3/c24-19-8-4-7-16-13-25(14-27-23(16)19)17-9-10-21-18(11-17)20(26)12-22(28-21)15-5-2-1-3-6-15/h1-12H,13-14H2. The minimum absolute atomic E-state index is 0.0528. The zero-order valence-electron chi connectivity index (χ0n) is 14.9. The van der Waals surface area contributed by atoms with Crippen molar-refractivity contribution in [3.8, 4) is 17.1 Å². The lowest BCUT2D eigenvalue weighted by atomic mass is 10.1. The molecule has 2 heterocycles. The van der Waals surface area contributed by atoms with Gasteiger partial charge in [0.1, 0.15) is 17.1 Å². The van der Waals surface area contributed by atoms with E-state index >= 15 is 0 Å². The van der Waals surface area contributed by atoms with Crippen molar-refractivity contribution in [3.63, 3.8) is 0 Å². The number of ether oxygens (including phenoxy) is 1.